The van der Waals surface area contributed by atoms with Crippen molar-refractivity contribution in [2.75, 3.05) is 14.2 Å². The van der Waals surface area contributed by atoms with Crippen LogP contribution in [0.15, 0.2) is 12.1 Å². The van der Waals surface area contributed by atoms with Crippen LogP contribution in [0.5, 0.6) is 17.2 Å². The number of hydrogen-bond acceptors (Lipinski definition) is 5. The zero-order chi connectivity index (χ0) is 13.2. The van der Waals surface area contributed by atoms with Crippen LogP contribution in [0.4, 0.5) is 0 Å². The third kappa shape index (κ3) is 2.80. The van der Waals surface area contributed by atoms with Gasteiger partial charge in [-0.1, -0.05) is 0 Å². The lowest BCUT2D eigenvalue weighted by Crippen LogP contribution is -2.08. The first-order chi connectivity index (χ1) is 7.81. The fourth-order valence-corrected chi connectivity index (χ4v) is 1.80. The molecule has 0 spiro atoms. The fourth-order valence-electron chi connectivity index (χ4n) is 1.32. The number of phenols is 1. The number of phenolic OH excluding ortho intramolecular Hbond substituents is 1. The van der Waals surface area contributed by atoms with Crippen LogP contribution in [0, 0.1) is 0 Å². The van der Waals surface area contributed by atoms with Gasteiger partial charge < -0.3 is 14.6 Å². The Hall–Kier alpha value is -1.47. The lowest BCUT2D eigenvalue weighted by atomic mass is 10.1. The van der Waals surface area contributed by atoms with Gasteiger partial charge in [-0.05, 0) is 24.6 Å². The van der Waals surface area contributed by atoms with Crippen LogP contribution in [0.3, 0.4) is 0 Å². The van der Waals surface area contributed by atoms with Crippen LogP contribution >= 0.6 is 0 Å². The molecule has 0 saturated heterocycles. The summed E-state index contributed by atoms with van der Waals surface area (Å²) in [6.45, 7) is 1.32. The number of hydrogen-bond donors (Lipinski definition) is 2. The molecule has 0 radical (unpaired) electrons. The number of aromatic hydroxyl groups is 1. The maximum atomic E-state index is 11.0. The third-order valence-corrected chi connectivity index (χ3v) is 3.58. The molecule has 0 fully saturated rings. The maximum Gasteiger partial charge on any atom is 0.271 e. The molecule has 96 valence electrons. The Balaban J connectivity index is 3.36. The van der Waals surface area contributed by atoms with E-state index >= 15 is 0 Å². The van der Waals surface area contributed by atoms with Gasteiger partial charge in [-0.2, -0.15) is 8.42 Å². The summed E-state index contributed by atoms with van der Waals surface area (Å²) in [4.78, 5) is 0. The minimum absolute atomic E-state index is 0.0786. The SMILES string of the molecule is COc1cc(C(C)S(=O)(=O)O)cc(OC)c1O. The van der Waals surface area contributed by atoms with Crippen molar-refractivity contribution >= 4 is 10.1 Å². The molecule has 1 rings (SSSR count). The summed E-state index contributed by atoms with van der Waals surface area (Å²) in [7, 11) is -1.55. The minimum atomic E-state index is -4.21. The first-order valence-corrected chi connectivity index (χ1v) is 6.22. The van der Waals surface area contributed by atoms with E-state index in [1.165, 1.54) is 33.3 Å². The summed E-state index contributed by atoms with van der Waals surface area (Å²) in [5, 5.41) is 8.50. The highest BCUT2D eigenvalue weighted by Crippen LogP contribution is 2.39. The second-order valence-electron chi connectivity index (χ2n) is 3.43. The van der Waals surface area contributed by atoms with E-state index in [4.69, 9.17) is 14.0 Å². The topological polar surface area (TPSA) is 93.1 Å². The van der Waals surface area contributed by atoms with Crippen LogP contribution in [0.2, 0.25) is 0 Å². The molecule has 0 amide bonds. The summed E-state index contributed by atoms with van der Waals surface area (Å²) in [6.07, 6.45) is 0. The van der Waals surface area contributed by atoms with Gasteiger partial charge in [0.25, 0.3) is 10.1 Å². The summed E-state index contributed by atoms with van der Waals surface area (Å²) in [6, 6.07) is 2.66. The van der Waals surface area contributed by atoms with Gasteiger partial charge in [0.15, 0.2) is 11.5 Å². The first-order valence-electron chi connectivity index (χ1n) is 4.72. The van der Waals surface area contributed by atoms with E-state index in [0.717, 1.165) is 0 Å². The Morgan fingerprint density at radius 1 is 1.18 bits per heavy atom. The first kappa shape index (κ1) is 13.6. The molecular formula is C10H14O6S. The average Bonchev–Trinajstić information content (AvgIpc) is 2.27. The highest BCUT2D eigenvalue weighted by Gasteiger charge is 2.23. The normalized spacial score (nSPS) is 13.2. The van der Waals surface area contributed by atoms with Gasteiger partial charge in [0.2, 0.25) is 5.75 Å². The number of ether oxygens (including phenoxy) is 2. The Morgan fingerprint density at radius 2 is 1.59 bits per heavy atom. The molecular weight excluding hydrogens is 248 g/mol. The van der Waals surface area contributed by atoms with Crippen molar-refractivity contribution in [3.63, 3.8) is 0 Å². The maximum absolute atomic E-state index is 11.0. The van der Waals surface area contributed by atoms with Gasteiger partial charge >= 0.3 is 0 Å². The van der Waals surface area contributed by atoms with Crippen molar-refractivity contribution in [2.24, 2.45) is 0 Å². The average molecular weight is 262 g/mol. The Kier molecular flexibility index (Phi) is 3.84. The van der Waals surface area contributed by atoms with E-state index in [1.807, 2.05) is 0 Å². The van der Waals surface area contributed by atoms with Crippen molar-refractivity contribution in [1.29, 1.82) is 0 Å². The van der Waals surface area contributed by atoms with Crippen molar-refractivity contribution in [3.05, 3.63) is 17.7 Å². The molecule has 0 bridgehead atoms. The van der Waals surface area contributed by atoms with Gasteiger partial charge in [-0.25, -0.2) is 0 Å². The lowest BCUT2D eigenvalue weighted by molar-refractivity contribution is 0.339. The van der Waals surface area contributed by atoms with Gasteiger partial charge in [-0.3, -0.25) is 4.55 Å². The van der Waals surface area contributed by atoms with E-state index in [1.54, 1.807) is 0 Å². The molecule has 7 heteroatoms. The quantitative estimate of drug-likeness (QED) is 0.796. The molecule has 1 atom stereocenters. The molecule has 0 aromatic heterocycles. The van der Waals surface area contributed by atoms with E-state index in [9.17, 15) is 13.5 Å². The summed E-state index contributed by atoms with van der Waals surface area (Å²) < 4.78 is 40.8. The van der Waals surface area contributed by atoms with Crippen molar-refractivity contribution < 1.29 is 27.6 Å². The van der Waals surface area contributed by atoms with E-state index in [2.05, 4.69) is 0 Å². The molecule has 1 aromatic carbocycles. The lowest BCUT2D eigenvalue weighted by Gasteiger charge is -2.14. The van der Waals surface area contributed by atoms with Gasteiger partial charge in [0.1, 0.15) is 5.25 Å². The highest BCUT2D eigenvalue weighted by atomic mass is 32.2. The van der Waals surface area contributed by atoms with Gasteiger partial charge in [0.05, 0.1) is 14.2 Å². The summed E-state index contributed by atoms with van der Waals surface area (Å²) in [5.74, 6) is -0.0639. The Morgan fingerprint density at radius 3 is 1.88 bits per heavy atom. The van der Waals surface area contributed by atoms with E-state index < -0.39 is 15.4 Å². The minimum Gasteiger partial charge on any atom is -0.502 e. The summed E-state index contributed by atoms with van der Waals surface area (Å²) in [5.41, 5.74) is 0.263. The van der Waals surface area contributed by atoms with Crippen LogP contribution in [-0.2, 0) is 10.1 Å². The summed E-state index contributed by atoms with van der Waals surface area (Å²) >= 11 is 0. The number of rotatable bonds is 4. The molecule has 6 nitrogen and oxygen atoms in total. The van der Waals surface area contributed by atoms with E-state index in [-0.39, 0.29) is 22.8 Å². The van der Waals surface area contributed by atoms with Crippen LogP contribution in [0.1, 0.15) is 17.7 Å². The van der Waals surface area contributed by atoms with Crippen LogP contribution in [0.25, 0.3) is 0 Å². The molecule has 1 aromatic rings. The predicted molar refractivity (Wildman–Crippen MR) is 61.2 cm³/mol. The van der Waals surface area contributed by atoms with Crippen molar-refractivity contribution in [3.8, 4) is 17.2 Å². The van der Waals surface area contributed by atoms with Crippen LogP contribution < -0.4 is 9.47 Å². The second-order valence-corrected chi connectivity index (χ2v) is 5.17. The zero-order valence-corrected chi connectivity index (χ0v) is 10.5. The van der Waals surface area contributed by atoms with Crippen LogP contribution in [-0.4, -0.2) is 32.3 Å². The van der Waals surface area contributed by atoms with Gasteiger partial charge in [-0.15, -0.1) is 0 Å². The van der Waals surface area contributed by atoms with Crippen molar-refractivity contribution in [2.45, 2.75) is 12.2 Å². The standard InChI is InChI=1S/C10H14O6S/c1-6(17(12,13)14)7-4-8(15-2)10(11)9(5-7)16-3/h4-6,11H,1-3H3,(H,12,13,14). The molecule has 17 heavy (non-hydrogen) atoms. The monoisotopic (exact) mass is 262 g/mol. The molecule has 0 saturated carbocycles. The zero-order valence-electron chi connectivity index (χ0n) is 9.67. The largest absolute Gasteiger partial charge is 0.502 e. The van der Waals surface area contributed by atoms with Gasteiger partial charge in [0, 0.05) is 0 Å². The second kappa shape index (κ2) is 4.80. The molecule has 0 aliphatic heterocycles. The molecule has 2 N–H and O–H groups in total. The predicted octanol–water partition coefficient (Wildman–Crippen LogP) is 1.36. The Bertz CT molecular complexity index is 483. The molecule has 0 aliphatic carbocycles. The number of methoxy groups -OCH3 is 2. The molecule has 0 aliphatic rings. The van der Waals surface area contributed by atoms with Crippen molar-refractivity contribution in [1.82, 2.24) is 0 Å². The molecule has 0 heterocycles. The molecule has 1 unspecified atom stereocenters. The smallest absolute Gasteiger partial charge is 0.271 e. The Labute approximate surface area is 99.5 Å². The third-order valence-electron chi connectivity index (χ3n) is 2.42. The highest BCUT2D eigenvalue weighted by molar-refractivity contribution is 7.86. The number of benzene rings is 1. The van der Waals surface area contributed by atoms with E-state index in [0.29, 0.717) is 0 Å². The fraction of sp³-hybridized carbons (Fsp3) is 0.400.